The number of amides is 1. The number of H-pyrrole nitrogens is 1. The lowest BCUT2D eigenvalue weighted by Crippen LogP contribution is -2.29. The number of anilines is 2. The van der Waals surface area contributed by atoms with Gasteiger partial charge in [-0.25, -0.2) is 9.88 Å². The van der Waals surface area contributed by atoms with Crippen LogP contribution in [0.4, 0.5) is 24.8 Å². The third kappa shape index (κ3) is 2.95. The molecule has 1 amide bonds. The van der Waals surface area contributed by atoms with Crippen molar-refractivity contribution in [2.75, 3.05) is 4.90 Å². The first kappa shape index (κ1) is 15.2. The number of aromatic amines is 1. The van der Waals surface area contributed by atoms with Crippen LogP contribution in [0.25, 0.3) is 0 Å². The van der Waals surface area contributed by atoms with Crippen LogP contribution in [0.1, 0.15) is 15.9 Å². The Balaban J connectivity index is 2.11. The normalized spacial score (nSPS) is 11.4. The molecule has 0 saturated carbocycles. The summed E-state index contributed by atoms with van der Waals surface area (Å²) >= 11 is 1.23. The van der Waals surface area contributed by atoms with Crippen molar-refractivity contribution in [2.24, 2.45) is 0 Å². The van der Waals surface area contributed by atoms with E-state index in [1.165, 1.54) is 41.2 Å². The lowest BCUT2D eigenvalue weighted by atomic mass is 10.1. The minimum atomic E-state index is -4.63. The van der Waals surface area contributed by atoms with E-state index in [1.807, 2.05) is 0 Å². The Hall–Kier alpha value is -2.68. The minimum absolute atomic E-state index is 0.223. The number of alkyl halides is 3. The van der Waals surface area contributed by atoms with E-state index in [-0.39, 0.29) is 11.6 Å². The largest absolute Gasteiger partial charge is 0.417 e. The highest BCUT2D eigenvalue weighted by Gasteiger charge is 2.36. The molecular weight excluding hydrogens is 329 g/mol. The van der Waals surface area contributed by atoms with Gasteiger partial charge in [-0.1, -0.05) is 12.1 Å². The summed E-state index contributed by atoms with van der Waals surface area (Å²) in [7, 11) is 0. The molecule has 2 aromatic heterocycles. The summed E-state index contributed by atoms with van der Waals surface area (Å²) in [4.78, 5) is 17.8. The number of carbonyl (C=O) groups excluding carboxylic acids is 1. The number of thiazole rings is 1. The van der Waals surface area contributed by atoms with Crippen molar-refractivity contribution in [3.8, 4) is 0 Å². The average molecular weight is 338 g/mol. The van der Waals surface area contributed by atoms with Crippen LogP contribution in [-0.2, 0) is 6.18 Å². The first-order chi connectivity index (χ1) is 11.0. The van der Waals surface area contributed by atoms with Crippen LogP contribution in [0.2, 0.25) is 0 Å². The summed E-state index contributed by atoms with van der Waals surface area (Å²) in [6.45, 7) is 0. The molecule has 0 spiro atoms. The predicted molar refractivity (Wildman–Crippen MR) is 78.6 cm³/mol. The van der Waals surface area contributed by atoms with Crippen LogP contribution in [0, 0.1) is 0 Å². The van der Waals surface area contributed by atoms with E-state index in [1.54, 1.807) is 5.38 Å². The zero-order valence-corrected chi connectivity index (χ0v) is 12.2. The zero-order chi connectivity index (χ0) is 16.4. The maximum absolute atomic E-state index is 13.2. The molecule has 118 valence electrons. The van der Waals surface area contributed by atoms with E-state index in [0.29, 0.717) is 0 Å². The predicted octanol–water partition coefficient (Wildman–Crippen LogP) is 3.86. The van der Waals surface area contributed by atoms with Crippen molar-refractivity contribution < 1.29 is 18.0 Å². The van der Waals surface area contributed by atoms with Gasteiger partial charge in [-0.15, -0.1) is 11.3 Å². The fourth-order valence-corrected chi connectivity index (χ4v) is 2.58. The molecule has 23 heavy (non-hydrogen) atoms. The van der Waals surface area contributed by atoms with Crippen LogP contribution in [0.5, 0.6) is 0 Å². The van der Waals surface area contributed by atoms with Gasteiger partial charge in [0.2, 0.25) is 0 Å². The Morgan fingerprint density at radius 2 is 2.00 bits per heavy atom. The Labute approximate surface area is 132 Å². The molecule has 0 aliphatic carbocycles. The second kappa shape index (κ2) is 5.84. The van der Waals surface area contributed by atoms with Crippen LogP contribution in [0.15, 0.2) is 47.4 Å². The van der Waals surface area contributed by atoms with Crippen LogP contribution in [-0.4, -0.2) is 21.1 Å². The molecule has 0 atom stereocenters. The molecular formula is C14H9F3N4OS. The second-order valence-corrected chi connectivity index (χ2v) is 5.19. The van der Waals surface area contributed by atoms with E-state index in [2.05, 4.69) is 15.2 Å². The number of halogens is 3. The molecule has 0 bridgehead atoms. The van der Waals surface area contributed by atoms with Crippen LogP contribution in [0.3, 0.4) is 0 Å². The van der Waals surface area contributed by atoms with Gasteiger partial charge in [0.25, 0.3) is 5.91 Å². The van der Waals surface area contributed by atoms with Crippen LogP contribution >= 0.6 is 11.3 Å². The van der Waals surface area contributed by atoms with Gasteiger partial charge in [-0.3, -0.25) is 9.89 Å². The Morgan fingerprint density at radius 3 is 2.61 bits per heavy atom. The molecule has 3 aromatic rings. The number of aromatic nitrogens is 3. The number of nitrogens with one attached hydrogen (secondary N) is 1. The van der Waals surface area contributed by atoms with Gasteiger partial charge in [0, 0.05) is 11.4 Å². The highest BCUT2D eigenvalue weighted by molar-refractivity contribution is 7.08. The van der Waals surface area contributed by atoms with E-state index in [4.69, 9.17) is 0 Å². The van der Waals surface area contributed by atoms with Crippen molar-refractivity contribution in [1.82, 2.24) is 15.2 Å². The molecule has 3 rings (SSSR count). The fourth-order valence-electron chi connectivity index (χ4n) is 2.06. The number of benzene rings is 1. The summed E-state index contributed by atoms with van der Waals surface area (Å²) in [5.74, 6) is -0.382. The van der Waals surface area contributed by atoms with Gasteiger partial charge < -0.3 is 0 Å². The number of nitrogens with zero attached hydrogens (tertiary/aromatic N) is 3. The molecule has 9 heteroatoms. The molecule has 0 saturated heterocycles. The van der Waals surface area contributed by atoms with Crippen molar-refractivity contribution in [2.45, 2.75) is 6.18 Å². The number of hydrogen-bond donors (Lipinski definition) is 1. The maximum Gasteiger partial charge on any atom is 0.417 e. The van der Waals surface area contributed by atoms with Crippen molar-refractivity contribution in [3.63, 3.8) is 0 Å². The third-order valence-electron chi connectivity index (χ3n) is 3.04. The summed E-state index contributed by atoms with van der Waals surface area (Å²) in [5.41, 5.74) is 0.0362. The molecule has 5 nitrogen and oxygen atoms in total. The minimum Gasteiger partial charge on any atom is -0.268 e. The van der Waals surface area contributed by atoms with E-state index in [9.17, 15) is 18.0 Å². The summed E-state index contributed by atoms with van der Waals surface area (Å²) < 4.78 is 39.5. The Morgan fingerprint density at radius 1 is 1.22 bits per heavy atom. The second-order valence-electron chi connectivity index (χ2n) is 4.47. The average Bonchev–Trinajstić information content (AvgIpc) is 3.20. The molecule has 0 radical (unpaired) electrons. The molecule has 0 unspecified atom stereocenters. The standard InChI is InChI=1S/C14H9F3N4OS/c15-14(16,17)10-4-2-1-3-9(10)13(22)21(11-5-6-19-20-11)12-7-23-8-18-12/h1-8H,(H,19,20). The number of hydrogen-bond acceptors (Lipinski definition) is 4. The highest BCUT2D eigenvalue weighted by Crippen LogP contribution is 2.34. The Kier molecular flexibility index (Phi) is 3.87. The van der Waals surface area contributed by atoms with Crippen molar-refractivity contribution in [3.05, 3.63) is 58.5 Å². The molecule has 0 fully saturated rings. The van der Waals surface area contributed by atoms with E-state index < -0.39 is 23.2 Å². The maximum atomic E-state index is 13.2. The van der Waals surface area contributed by atoms with E-state index >= 15 is 0 Å². The lowest BCUT2D eigenvalue weighted by Gasteiger charge is -2.20. The smallest absolute Gasteiger partial charge is 0.268 e. The van der Waals surface area contributed by atoms with Gasteiger partial charge >= 0.3 is 6.18 Å². The monoisotopic (exact) mass is 338 g/mol. The van der Waals surface area contributed by atoms with Gasteiger partial charge in [-0.2, -0.15) is 18.3 Å². The topological polar surface area (TPSA) is 61.9 Å². The molecule has 1 N–H and O–H groups in total. The quantitative estimate of drug-likeness (QED) is 0.789. The van der Waals surface area contributed by atoms with Crippen LogP contribution < -0.4 is 4.90 Å². The van der Waals surface area contributed by atoms with Crippen molar-refractivity contribution in [1.29, 1.82) is 0 Å². The first-order valence-electron chi connectivity index (χ1n) is 6.36. The van der Waals surface area contributed by atoms with E-state index in [0.717, 1.165) is 17.0 Å². The third-order valence-corrected chi connectivity index (χ3v) is 3.62. The first-order valence-corrected chi connectivity index (χ1v) is 7.31. The molecule has 1 aromatic carbocycles. The van der Waals surface area contributed by atoms with Gasteiger partial charge in [-0.05, 0) is 12.1 Å². The summed E-state index contributed by atoms with van der Waals surface area (Å²) in [6, 6.07) is 6.12. The molecule has 2 heterocycles. The zero-order valence-electron chi connectivity index (χ0n) is 11.4. The Bertz CT molecular complexity index is 766. The molecule has 0 aliphatic rings. The number of rotatable bonds is 3. The highest BCUT2D eigenvalue weighted by atomic mass is 32.1. The SMILES string of the molecule is O=C(c1ccccc1C(F)(F)F)N(c1cscn1)c1ccn[nH]1. The fraction of sp³-hybridized carbons (Fsp3) is 0.0714. The van der Waals surface area contributed by atoms with Gasteiger partial charge in [0.15, 0.2) is 5.82 Å². The summed E-state index contributed by atoms with van der Waals surface area (Å²) in [6.07, 6.45) is -3.23. The molecule has 0 aliphatic heterocycles. The van der Waals surface area contributed by atoms with Crippen molar-refractivity contribution >= 4 is 28.9 Å². The van der Waals surface area contributed by atoms with Gasteiger partial charge in [0.05, 0.1) is 22.8 Å². The lowest BCUT2D eigenvalue weighted by molar-refractivity contribution is -0.137. The van der Waals surface area contributed by atoms with Gasteiger partial charge in [0.1, 0.15) is 5.82 Å². The number of carbonyl (C=O) groups is 1. The summed E-state index contributed by atoms with van der Waals surface area (Å²) in [5, 5.41) is 7.87.